The molecule has 0 aliphatic carbocycles. The summed E-state index contributed by atoms with van der Waals surface area (Å²) < 4.78 is 41.3. The van der Waals surface area contributed by atoms with E-state index in [9.17, 15) is 13.2 Å². The van der Waals surface area contributed by atoms with Crippen LogP contribution in [0.1, 0.15) is 49.2 Å². The van der Waals surface area contributed by atoms with Gasteiger partial charge in [-0.15, -0.1) is 16.2 Å². The number of ether oxygens (including phenoxy) is 2. The Kier molecular flexibility index (Phi) is 11.0. The predicted molar refractivity (Wildman–Crippen MR) is 154 cm³/mol. The molecule has 0 N–H and O–H groups in total. The van der Waals surface area contributed by atoms with Gasteiger partial charge in [0.2, 0.25) is 5.88 Å². The first-order valence-electron chi connectivity index (χ1n) is 12.8. The number of unbranched alkanes of at least 4 members (excludes halogenated alkanes) is 1. The molecule has 0 aliphatic heterocycles. The van der Waals surface area contributed by atoms with Crippen LogP contribution in [0.2, 0.25) is 0 Å². The predicted octanol–water partition coefficient (Wildman–Crippen LogP) is 5.40. The summed E-state index contributed by atoms with van der Waals surface area (Å²) in [4.78, 5) is 18.6. The number of aryl methyl sites for hydroxylation is 1. The number of hydrogen-bond acceptors (Lipinski definition) is 7. The number of carbonyl (C=O) groups is 1. The molecule has 9 nitrogen and oxygen atoms in total. The van der Waals surface area contributed by atoms with Crippen LogP contribution in [0.3, 0.4) is 0 Å². The molecule has 3 aromatic rings. The molecule has 0 amide bonds. The number of carbonyl (C=O) groups excluding carboxylic acids is 1. The molecule has 0 atom stereocenters. The van der Waals surface area contributed by atoms with Crippen molar-refractivity contribution in [2.75, 3.05) is 27.0 Å². The fourth-order valence-electron chi connectivity index (χ4n) is 3.82. The molecule has 3 rings (SSSR count). The first kappa shape index (κ1) is 30.2. The average molecular weight is 573 g/mol. The molecule has 39 heavy (non-hydrogen) atoms. The zero-order valence-electron chi connectivity index (χ0n) is 23.1. The maximum absolute atomic E-state index is 12.5. The summed E-state index contributed by atoms with van der Waals surface area (Å²) in [6, 6.07) is 14.9. The zero-order chi connectivity index (χ0) is 28.4. The molecular weight excluding hydrogens is 536 g/mol. The summed E-state index contributed by atoms with van der Waals surface area (Å²) >= 11 is 1.43. The monoisotopic (exact) mass is 572 g/mol. The van der Waals surface area contributed by atoms with Crippen LogP contribution in [0.15, 0.2) is 62.9 Å². The van der Waals surface area contributed by atoms with Crippen LogP contribution in [-0.4, -0.2) is 62.3 Å². The van der Waals surface area contributed by atoms with Gasteiger partial charge in [0.25, 0.3) is 10.0 Å². The molecule has 0 fully saturated rings. The Hall–Kier alpha value is -3.31. The molecule has 210 valence electrons. The minimum Gasteiger partial charge on any atom is -0.434 e. The molecule has 0 aliphatic rings. The molecule has 0 saturated heterocycles. The van der Waals surface area contributed by atoms with Gasteiger partial charge in [-0.1, -0.05) is 49.7 Å². The Bertz CT molecular complexity index is 1380. The third-order valence-electron chi connectivity index (χ3n) is 5.74. The van der Waals surface area contributed by atoms with Crippen molar-refractivity contribution in [1.82, 2.24) is 14.5 Å². The zero-order valence-corrected chi connectivity index (χ0v) is 24.7. The van der Waals surface area contributed by atoms with Gasteiger partial charge < -0.3 is 14.4 Å². The number of imidazole rings is 1. The summed E-state index contributed by atoms with van der Waals surface area (Å²) in [7, 11) is -0.334. The highest BCUT2D eigenvalue weighted by atomic mass is 32.2. The van der Waals surface area contributed by atoms with E-state index in [0.717, 1.165) is 41.8 Å². The smallest absolute Gasteiger partial charge is 0.434 e. The lowest BCUT2D eigenvalue weighted by Gasteiger charge is -2.13. The molecule has 0 saturated carbocycles. The highest BCUT2D eigenvalue weighted by Crippen LogP contribution is 2.31. The Balaban J connectivity index is 1.82. The maximum Gasteiger partial charge on any atom is 0.515 e. The van der Waals surface area contributed by atoms with E-state index in [4.69, 9.17) is 14.5 Å². The van der Waals surface area contributed by atoms with Crippen LogP contribution in [0.4, 0.5) is 4.79 Å². The Morgan fingerprint density at radius 1 is 1.10 bits per heavy atom. The number of nitrogens with zero attached hydrogens (tertiary/aromatic N) is 4. The van der Waals surface area contributed by atoms with Crippen LogP contribution < -0.4 is 4.74 Å². The van der Waals surface area contributed by atoms with Crippen molar-refractivity contribution in [1.29, 1.82) is 0 Å². The largest absolute Gasteiger partial charge is 0.515 e. The SMILES string of the molecule is CCCCc1nc(SC)c(OC(=O)OCC)n1Cc1ccc(Cc2cccc(S(=O)(=O)N=CN(C)C)c2)cc1. The maximum atomic E-state index is 12.5. The van der Waals surface area contributed by atoms with Crippen LogP contribution in [0.25, 0.3) is 0 Å². The molecule has 1 aromatic heterocycles. The van der Waals surface area contributed by atoms with Crippen molar-refractivity contribution in [2.45, 2.75) is 56.0 Å². The molecule has 2 aromatic carbocycles. The second kappa shape index (κ2) is 14.2. The number of sulfonamides is 1. The summed E-state index contributed by atoms with van der Waals surface area (Å²) in [5.74, 6) is 1.26. The van der Waals surface area contributed by atoms with Crippen LogP contribution in [-0.2, 0) is 34.1 Å². The lowest BCUT2D eigenvalue weighted by molar-refractivity contribution is 0.0998. The summed E-state index contributed by atoms with van der Waals surface area (Å²) in [5, 5.41) is 0.649. The molecular formula is C28H36N4O5S2. The third kappa shape index (κ3) is 8.59. The summed E-state index contributed by atoms with van der Waals surface area (Å²) in [6.45, 7) is 4.57. The van der Waals surface area contributed by atoms with E-state index in [2.05, 4.69) is 11.3 Å². The number of thioether (sulfide) groups is 1. The fourth-order valence-corrected chi connectivity index (χ4v) is 5.33. The van der Waals surface area contributed by atoms with Gasteiger partial charge in [-0.25, -0.2) is 9.78 Å². The minimum absolute atomic E-state index is 0.160. The summed E-state index contributed by atoms with van der Waals surface area (Å²) in [6.07, 6.45) is 5.77. The van der Waals surface area contributed by atoms with E-state index in [1.54, 1.807) is 44.1 Å². The molecule has 11 heteroatoms. The lowest BCUT2D eigenvalue weighted by Crippen LogP contribution is -2.15. The van der Waals surface area contributed by atoms with Crippen molar-refractivity contribution in [3.8, 4) is 5.88 Å². The Morgan fingerprint density at radius 2 is 1.82 bits per heavy atom. The highest BCUT2D eigenvalue weighted by Gasteiger charge is 2.21. The van der Waals surface area contributed by atoms with E-state index in [1.165, 1.54) is 18.1 Å². The van der Waals surface area contributed by atoms with Crippen LogP contribution in [0, 0.1) is 0 Å². The van der Waals surface area contributed by atoms with Crippen LogP contribution >= 0.6 is 11.8 Å². The Morgan fingerprint density at radius 3 is 2.46 bits per heavy atom. The molecule has 0 bridgehead atoms. The average Bonchev–Trinajstić information content (AvgIpc) is 3.23. The minimum atomic E-state index is -3.77. The number of hydrogen-bond donors (Lipinski definition) is 0. The first-order chi connectivity index (χ1) is 18.7. The van der Waals surface area contributed by atoms with E-state index in [-0.39, 0.29) is 11.5 Å². The van der Waals surface area contributed by atoms with E-state index in [1.807, 2.05) is 41.2 Å². The van der Waals surface area contributed by atoms with Gasteiger partial charge in [0.1, 0.15) is 12.2 Å². The number of aromatic nitrogens is 2. The second-order valence-electron chi connectivity index (χ2n) is 9.12. The van der Waals surface area contributed by atoms with Crippen molar-refractivity contribution >= 4 is 34.3 Å². The normalized spacial score (nSPS) is 11.6. The van der Waals surface area contributed by atoms with Crippen molar-refractivity contribution in [2.24, 2.45) is 4.40 Å². The number of benzene rings is 2. The van der Waals surface area contributed by atoms with Gasteiger partial charge in [0, 0.05) is 20.5 Å². The van der Waals surface area contributed by atoms with E-state index >= 15 is 0 Å². The van der Waals surface area contributed by atoms with Gasteiger partial charge in [-0.3, -0.25) is 4.57 Å². The Labute approximate surface area is 235 Å². The molecule has 1 heterocycles. The third-order valence-corrected chi connectivity index (χ3v) is 7.62. The number of rotatable bonds is 13. The fraction of sp³-hybridized carbons (Fsp3) is 0.393. The van der Waals surface area contributed by atoms with Gasteiger partial charge in [-0.2, -0.15) is 8.42 Å². The molecule has 0 radical (unpaired) electrons. The summed E-state index contributed by atoms with van der Waals surface area (Å²) in [5.41, 5.74) is 2.93. The van der Waals surface area contributed by atoms with Crippen molar-refractivity contribution in [3.63, 3.8) is 0 Å². The lowest BCUT2D eigenvalue weighted by atomic mass is 10.0. The van der Waals surface area contributed by atoms with Gasteiger partial charge >= 0.3 is 6.16 Å². The van der Waals surface area contributed by atoms with Crippen molar-refractivity contribution < 1.29 is 22.7 Å². The first-order valence-corrected chi connectivity index (χ1v) is 15.4. The van der Waals surface area contributed by atoms with Gasteiger partial charge in [0.05, 0.1) is 18.0 Å². The second-order valence-corrected chi connectivity index (χ2v) is 11.5. The van der Waals surface area contributed by atoms with Crippen LogP contribution in [0.5, 0.6) is 5.88 Å². The highest BCUT2D eigenvalue weighted by molar-refractivity contribution is 7.98. The van der Waals surface area contributed by atoms with E-state index < -0.39 is 16.2 Å². The molecule has 0 spiro atoms. The van der Waals surface area contributed by atoms with Crippen molar-refractivity contribution in [3.05, 3.63) is 71.0 Å². The quantitative estimate of drug-likeness (QED) is 0.116. The topological polar surface area (TPSA) is 103 Å². The van der Waals surface area contributed by atoms with Gasteiger partial charge in [0.15, 0.2) is 5.03 Å². The van der Waals surface area contributed by atoms with E-state index in [0.29, 0.717) is 23.9 Å². The van der Waals surface area contributed by atoms with Gasteiger partial charge in [-0.05, 0) is 54.8 Å². The standard InChI is InChI=1S/C28H36N4O5S2/c1-6-8-12-25-30-26(38-5)27(37-28(33)36-7-2)32(25)19-22-15-13-21(14-16-22)17-23-10-9-11-24(18-23)39(34,35)29-20-31(3)4/h9-11,13-16,18,20H,6-8,12,17,19H2,1-5H3. The molecule has 0 unspecified atom stereocenters.